The molecule has 2 aliphatic heterocycles. The van der Waals surface area contributed by atoms with Gasteiger partial charge in [0.1, 0.15) is 0 Å². The molecular weight excluding hydrogens is 239 g/mol. The molecule has 0 saturated carbocycles. The molecule has 0 amide bonds. The van der Waals surface area contributed by atoms with Crippen molar-refractivity contribution in [2.75, 3.05) is 33.3 Å². The van der Waals surface area contributed by atoms with E-state index >= 15 is 0 Å². The van der Waals surface area contributed by atoms with Gasteiger partial charge in [0.15, 0.2) is 0 Å². The van der Waals surface area contributed by atoms with Crippen LogP contribution in [0, 0.1) is 5.92 Å². The number of fused-ring (bicyclic) bond motifs is 1. The summed E-state index contributed by atoms with van der Waals surface area (Å²) < 4.78 is 4.63. The molecule has 2 rings (SSSR count). The highest BCUT2D eigenvalue weighted by molar-refractivity contribution is 5.85. The molecule has 0 aromatic rings. The number of likely N-dealkylation sites (tertiary alicyclic amines) is 1. The van der Waals surface area contributed by atoms with Gasteiger partial charge in [-0.05, 0) is 18.9 Å². The maximum absolute atomic E-state index is 11.0. The monoisotopic (exact) mass is 256 g/mol. The van der Waals surface area contributed by atoms with Gasteiger partial charge in [0, 0.05) is 19.1 Å². The van der Waals surface area contributed by atoms with Crippen LogP contribution in [0.4, 0.5) is 0 Å². The van der Waals surface area contributed by atoms with Crippen LogP contribution in [-0.2, 0) is 9.53 Å². The predicted molar refractivity (Wildman–Crippen MR) is 62.8 cm³/mol. The number of carbonyl (C=O) groups is 1. The van der Waals surface area contributed by atoms with Crippen LogP contribution in [0.5, 0.6) is 0 Å². The molecule has 90 valence electrons. The van der Waals surface area contributed by atoms with Crippen molar-refractivity contribution in [2.45, 2.75) is 12.5 Å². The molecule has 0 aliphatic carbocycles. The first-order valence-corrected chi connectivity index (χ1v) is 4.82. The summed E-state index contributed by atoms with van der Waals surface area (Å²) in [6, 6.07) is 0.615. The van der Waals surface area contributed by atoms with E-state index in [1.165, 1.54) is 13.5 Å². The Bertz CT molecular complexity index is 204. The number of methoxy groups -OCH3 is 1. The quantitative estimate of drug-likeness (QED) is 0.722. The third-order valence-electron chi connectivity index (χ3n) is 3.02. The van der Waals surface area contributed by atoms with Crippen molar-refractivity contribution >= 4 is 30.8 Å². The number of hydrogen-bond donors (Lipinski definition) is 1. The van der Waals surface area contributed by atoms with Gasteiger partial charge in [-0.15, -0.1) is 24.8 Å². The second-order valence-electron chi connectivity index (χ2n) is 3.88. The normalized spacial score (nSPS) is 28.9. The van der Waals surface area contributed by atoms with Gasteiger partial charge in [0.05, 0.1) is 13.7 Å². The molecule has 2 atom stereocenters. The Morgan fingerprint density at radius 1 is 1.47 bits per heavy atom. The fourth-order valence-corrected chi connectivity index (χ4v) is 2.31. The minimum Gasteiger partial charge on any atom is -0.468 e. The van der Waals surface area contributed by atoms with Crippen molar-refractivity contribution in [3.05, 3.63) is 0 Å². The standard InChI is InChI=1S/C9H16N2O2.2ClH/c1-13-9(12)6-11-4-7-2-3-10-8(7)5-11;;/h7-8,10H,2-6H2,1H3;2*1H/t7-,8+;;/m1../s1. The van der Waals surface area contributed by atoms with Gasteiger partial charge in [0.25, 0.3) is 0 Å². The summed E-state index contributed by atoms with van der Waals surface area (Å²) >= 11 is 0. The van der Waals surface area contributed by atoms with E-state index < -0.39 is 0 Å². The first-order chi connectivity index (χ1) is 6.29. The molecule has 2 aliphatic rings. The molecule has 0 aromatic heterocycles. The Balaban J connectivity index is 0.000000980. The first-order valence-electron chi connectivity index (χ1n) is 4.82. The van der Waals surface area contributed by atoms with E-state index in [0.717, 1.165) is 25.6 Å². The highest BCUT2D eigenvalue weighted by Crippen LogP contribution is 2.23. The summed E-state index contributed by atoms with van der Waals surface area (Å²) in [6.45, 7) is 3.64. The van der Waals surface area contributed by atoms with Crippen LogP contribution >= 0.6 is 24.8 Å². The fourth-order valence-electron chi connectivity index (χ4n) is 2.31. The van der Waals surface area contributed by atoms with Gasteiger partial charge >= 0.3 is 5.97 Å². The molecular formula is C9H18Cl2N2O2. The van der Waals surface area contributed by atoms with Gasteiger partial charge in [-0.2, -0.15) is 0 Å². The summed E-state index contributed by atoms with van der Waals surface area (Å²) in [5.74, 6) is 0.629. The van der Waals surface area contributed by atoms with Crippen molar-refractivity contribution in [3.8, 4) is 0 Å². The number of esters is 1. The van der Waals surface area contributed by atoms with Crippen LogP contribution in [0.25, 0.3) is 0 Å². The molecule has 2 fully saturated rings. The first kappa shape index (κ1) is 15.0. The highest BCUT2D eigenvalue weighted by atomic mass is 35.5. The van der Waals surface area contributed by atoms with Crippen LogP contribution in [0.2, 0.25) is 0 Å². The molecule has 0 radical (unpaired) electrons. The minimum absolute atomic E-state index is 0. The number of carbonyl (C=O) groups excluding carboxylic acids is 1. The van der Waals surface area contributed by atoms with E-state index in [-0.39, 0.29) is 30.8 Å². The zero-order valence-electron chi connectivity index (χ0n) is 8.77. The van der Waals surface area contributed by atoms with Gasteiger partial charge in [-0.1, -0.05) is 0 Å². The Labute approximate surface area is 103 Å². The summed E-state index contributed by atoms with van der Waals surface area (Å²) in [4.78, 5) is 13.2. The zero-order chi connectivity index (χ0) is 9.26. The smallest absolute Gasteiger partial charge is 0.319 e. The van der Waals surface area contributed by atoms with Crippen molar-refractivity contribution in [2.24, 2.45) is 5.92 Å². The molecule has 2 heterocycles. The second kappa shape index (κ2) is 6.53. The van der Waals surface area contributed by atoms with Crippen molar-refractivity contribution in [3.63, 3.8) is 0 Å². The molecule has 15 heavy (non-hydrogen) atoms. The van der Waals surface area contributed by atoms with E-state index in [1.54, 1.807) is 0 Å². The average molecular weight is 257 g/mol. The average Bonchev–Trinajstić information content (AvgIpc) is 2.63. The van der Waals surface area contributed by atoms with Gasteiger partial charge in [0.2, 0.25) is 0 Å². The van der Waals surface area contributed by atoms with Gasteiger partial charge < -0.3 is 10.1 Å². The molecule has 2 saturated heterocycles. The van der Waals surface area contributed by atoms with Crippen molar-refractivity contribution < 1.29 is 9.53 Å². The Hall–Kier alpha value is -0.0300. The molecule has 0 bridgehead atoms. The lowest BCUT2D eigenvalue weighted by molar-refractivity contribution is -0.141. The van der Waals surface area contributed by atoms with Crippen LogP contribution in [0.15, 0.2) is 0 Å². The summed E-state index contributed by atoms with van der Waals surface area (Å²) in [7, 11) is 1.44. The summed E-state index contributed by atoms with van der Waals surface area (Å²) in [6.07, 6.45) is 1.25. The van der Waals surface area contributed by atoms with Crippen LogP contribution in [0.1, 0.15) is 6.42 Å². The number of halogens is 2. The Morgan fingerprint density at radius 3 is 2.80 bits per heavy atom. The second-order valence-corrected chi connectivity index (χ2v) is 3.88. The van der Waals surface area contributed by atoms with E-state index in [9.17, 15) is 4.79 Å². The van der Waals surface area contributed by atoms with E-state index in [1.807, 2.05) is 0 Å². The third-order valence-corrected chi connectivity index (χ3v) is 3.02. The molecule has 0 spiro atoms. The summed E-state index contributed by atoms with van der Waals surface area (Å²) in [5.41, 5.74) is 0. The maximum atomic E-state index is 11.0. The topological polar surface area (TPSA) is 41.6 Å². The summed E-state index contributed by atoms with van der Waals surface area (Å²) in [5, 5.41) is 3.45. The molecule has 0 unspecified atom stereocenters. The predicted octanol–water partition coefficient (Wildman–Crippen LogP) is 0.297. The molecule has 6 heteroatoms. The van der Waals surface area contributed by atoms with Gasteiger partial charge in [-0.25, -0.2) is 0 Å². The molecule has 0 aromatic carbocycles. The Kier molecular flexibility index (Phi) is 6.52. The molecule has 1 N–H and O–H groups in total. The number of rotatable bonds is 2. The van der Waals surface area contributed by atoms with Crippen LogP contribution in [0.3, 0.4) is 0 Å². The third kappa shape index (κ3) is 3.48. The fraction of sp³-hybridized carbons (Fsp3) is 0.889. The lowest BCUT2D eigenvalue weighted by Crippen LogP contribution is -2.33. The number of ether oxygens (including phenoxy) is 1. The van der Waals surface area contributed by atoms with E-state index in [2.05, 4.69) is 15.0 Å². The van der Waals surface area contributed by atoms with E-state index in [0.29, 0.717) is 12.6 Å². The van der Waals surface area contributed by atoms with Crippen molar-refractivity contribution in [1.29, 1.82) is 0 Å². The van der Waals surface area contributed by atoms with Crippen LogP contribution < -0.4 is 5.32 Å². The molecule has 4 nitrogen and oxygen atoms in total. The maximum Gasteiger partial charge on any atom is 0.319 e. The number of nitrogens with zero attached hydrogens (tertiary/aromatic N) is 1. The Morgan fingerprint density at radius 2 is 2.20 bits per heavy atom. The number of hydrogen-bond acceptors (Lipinski definition) is 4. The van der Waals surface area contributed by atoms with Crippen molar-refractivity contribution in [1.82, 2.24) is 10.2 Å². The number of nitrogens with one attached hydrogen (secondary N) is 1. The van der Waals surface area contributed by atoms with Gasteiger partial charge in [-0.3, -0.25) is 9.69 Å². The highest BCUT2D eigenvalue weighted by Gasteiger charge is 2.36. The lowest BCUT2D eigenvalue weighted by atomic mass is 10.1. The van der Waals surface area contributed by atoms with E-state index in [4.69, 9.17) is 0 Å². The van der Waals surface area contributed by atoms with Crippen LogP contribution in [-0.4, -0.2) is 50.2 Å². The SMILES string of the molecule is COC(=O)CN1C[C@H]2CCN[C@H]2C1.Cl.Cl. The largest absolute Gasteiger partial charge is 0.468 e. The lowest BCUT2D eigenvalue weighted by Gasteiger charge is -2.14. The zero-order valence-corrected chi connectivity index (χ0v) is 10.4. The minimum atomic E-state index is -0.125.